The summed E-state index contributed by atoms with van der Waals surface area (Å²) in [6.07, 6.45) is 4.53. The van der Waals surface area contributed by atoms with Crippen molar-refractivity contribution < 1.29 is 13.2 Å². The van der Waals surface area contributed by atoms with Gasteiger partial charge in [-0.1, -0.05) is 12.8 Å². The highest BCUT2D eigenvalue weighted by Crippen LogP contribution is 2.17. The van der Waals surface area contributed by atoms with Crippen LogP contribution in [0.1, 0.15) is 32.6 Å². The van der Waals surface area contributed by atoms with E-state index >= 15 is 0 Å². The molecule has 1 amide bonds. The van der Waals surface area contributed by atoms with E-state index in [4.69, 9.17) is 0 Å². The molecule has 0 bridgehead atoms. The molecule has 0 saturated heterocycles. The van der Waals surface area contributed by atoms with E-state index < -0.39 is 15.9 Å². The molecule has 0 spiro atoms. The molecule has 1 aliphatic carbocycles. The molecule has 0 aromatic rings. The van der Waals surface area contributed by atoms with Gasteiger partial charge in [0.25, 0.3) is 0 Å². The number of rotatable bonds is 5. The third-order valence-corrected chi connectivity index (χ3v) is 3.85. The number of hydrogen-bond donors (Lipinski definition) is 2. The standard InChI is InChI=1S/C9H18N2O3S/c1-2-15(13,14)11-9(12)7-10-8-5-3-4-6-8/h8,10H,2-7H2,1H3,(H,11,12). The smallest absolute Gasteiger partial charge is 0.247 e. The topological polar surface area (TPSA) is 75.3 Å². The molecule has 0 aromatic heterocycles. The minimum Gasteiger partial charge on any atom is -0.306 e. The Morgan fingerprint density at radius 2 is 1.93 bits per heavy atom. The Morgan fingerprint density at radius 1 is 1.33 bits per heavy atom. The monoisotopic (exact) mass is 234 g/mol. The van der Waals surface area contributed by atoms with Crippen molar-refractivity contribution in [3.8, 4) is 0 Å². The summed E-state index contributed by atoms with van der Waals surface area (Å²) in [7, 11) is -3.40. The SMILES string of the molecule is CCS(=O)(=O)NC(=O)CNC1CCCC1. The molecule has 1 saturated carbocycles. The summed E-state index contributed by atoms with van der Waals surface area (Å²) in [4.78, 5) is 11.2. The predicted octanol–water partition coefficient (Wildman–Crippen LogP) is -0.0155. The van der Waals surface area contributed by atoms with Gasteiger partial charge in [-0.2, -0.15) is 0 Å². The minimum atomic E-state index is -3.40. The van der Waals surface area contributed by atoms with Crippen LogP contribution in [-0.4, -0.2) is 32.7 Å². The zero-order valence-electron chi connectivity index (χ0n) is 8.95. The van der Waals surface area contributed by atoms with Gasteiger partial charge >= 0.3 is 0 Å². The molecule has 0 unspecified atom stereocenters. The van der Waals surface area contributed by atoms with Crippen molar-refractivity contribution in [3.05, 3.63) is 0 Å². The van der Waals surface area contributed by atoms with Gasteiger partial charge in [-0.15, -0.1) is 0 Å². The summed E-state index contributed by atoms with van der Waals surface area (Å²) in [6.45, 7) is 1.59. The van der Waals surface area contributed by atoms with Gasteiger partial charge in [0.15, 0.2) is 0 Å². The second-order valence-corrected chi connectivity index (χ2v) is 5.80. The second kappa shape index (κ2) is 5.46. The summed E-state index contributed by atoms with van der Waals surface area (Å²) in [5.41, 5.74) is 0. The van der Waals surface area contributed by atoms with E-state index in [1.54, 1.807) is 0 Å². The quantitative estimate of drug-likeness (QED) is 0.701. The van der Waals surface area contributed by atoms with Crippen LogP contribution >= 0.6 is 0 Å². The number of nitrogens with one attached hydrogen (secondary N) is 2. The Balaban J connectivity index is 2.24. The molecule has 2 N–H and O–H groups in total. The third kappa shape index (κ3) is 4.61. The average Bonchev–Trinajstić information content (AvgIpc) is 2.66. The lowest BCUT2D eigenvalue weighted by Gasteiger charge is -2.11. The van der Waals surface area contributed by atoms with E-state index in [1.807, 2.05) is 4.72 Å². The number of carbonyl (C=O) groups excluding carboxylic acids is 1. The van der Waals surface area contributed by atoms with E-state index in [9.17, 15) is 13.2 Å². The van der Waals surface area contributed by atoms with Crippen molar-refractivity contribution >= 4 is 15.9 Å². The highest BCUT2D eigenvalue weighted by Gasteiger charge is 2.17. The Bertz CT molecular complexity index is 307. The molecule has 6 heteroatoms. The molecule has 0 radical (unpaired) electrons. The van der Waals surface area contributed by atoms with Crippen LogP contribution in [0, 0.1) is 0 Å². The van der Waals surface area contributed by atoms with Crippen LogP contribution in [-0.2, 0) is 14.8 Å². The van der Waals surface area contributed by atoms with Crippen molar-refractivity contribution in [1.82, 2.24) is 10.0 Å². The van der Waals surface area contributed by atoms with E-state index in [0.29, 0.717) is 6.04 Å². The van der Waals surface area contributed by atoms with Crippen LogP contribution in [0.4, 0.5) is 0 Å². The zero-order chi connectivity index (χ0) is 11.3. The highest BCUT2D eigenvalue weighted by atomic mass is 32.2. The molecular formula is C9H18N2O3S. The first-order valence-corrected chi connectivity index (χ1v) is 6.95. The lowest BCUT2D eigenvalue weighted by molar-refractivity contribution is -0.118. The van der Waals surface area contributed by atoms with Gasteiger partial charge in [0, 0.05) is 6.04 Å². The molecule has 0 heterocycles. The molecule has 1 rings (SSSR count). The minimum absolute atomic E-state index is 0.0673. The molecular weight excluding hydrogens is 216 g/mol. The van der Waals surface area contributed by atoms with Gasteiger partial charge in [0.05, 0.1) is 12.3 Å². The second-order valence-electron chi connectivity index (χ2n) is 3.79. The first kappa shape index (κ1) is 12.4. The molecule has 5 nitrogen and oxygen atoms in total. The van der Waals surface area contributed by atoms with Gasteiger partial charge in [-0.3, -0.25) is 9.52 Å². The van der Waals surface area contributed by atoms with Crippen LogP contribution in [0.3, 0.4) is 0 Å². The number of sulfonamides is 1. The third-order valence-electron chi connectivity index (χ3n) is 2.56. The molecule has 0 atom stereocenters. The first-order chi connectivity index (χ1) is 7.03. The van der Waals surface area contributed by atoms with Crippen LogP contribution in [0.5, 0.6) is 0 Å². The van der Waals surface area contributed by atoms with E-state index in [2.05, 4.69) is 5.32 Å². The van der Waals surface area contributed by atoms with Crippen molar-refractivity contribution in [3.63, 3.8) is 0 Å². The molecule has 88 valence electrons. The Morgan fingerprint density at radius 3 is 2.47 bits per heavy atom. The Hall–Kier alpha value is -0.620. The Kier molecular flexibility index (Phi) is 4.53. The molecule has 0 aromatic carbocycles. The van der Waals surface area contributed by atoms with E-state index in [-0.39, 0.29) is 12.3 Å². The van der Waals surface area contributed by atoms with E-state index in [1.165, 1.54) is 19.8 Å². The Labute approximate surface area is 90.7 Å². The summed E-state index contributed by atoms with van der Waals surface area (Å²) < 4.78 is 24.1. The normalized spacial score (nSPS) is 17.9. The lowest BCUT2D eigenvalue weighted by Crippen LogP contribution is -2.41. The zero-order valence-corrected chi connectivity index (χ0v) is 9.77. The fourth-order valence-electron chi connectivity index (χ4n) is 1.65. The fourth-order valence-corrected chi connectivity index (χ4v) is 2.21. The molecule has 1 aliphatic rings. The predicted molar refractivity (Wildman–Crippen MR) is 57.9 cm³/mol. The van der Waals surface area contributed by atoms with Gasteiger partial charge in [0.1, 0.15) is 0 Å². The molecule has 1 fully saturated rings. The van der Waals surface area contributed by atoms with Crippen LogP contribution in [0.15, 0.2) is 0 Å². The summed E-state index contributed by atoms with van der Waals surface area (Å²) >= 11 is 0. The largest absolute Gasteiger partial charge is 0.306 e. The lowest BCUT2D eigenvalue weighted by atomic mass is 10.2. The maximum atomic E-state index is 11.2. The number of carbonyl (C=O) groups is 1. The summed E-state index contributed by atoms with van der Waals surface area (Å²) in [5, 5.41) is 3.05. The van der Waals surface area contributed by atoms with Crippen molar-refractivity contribution in [2.75, 3.05) is 12.3 Å². The number of hydrogen-bond acceptors (Lipinski definition) is 4. The summed E-state index contributed by atoms with van der Waals surface area (Å²) in [6, 6.07) is 0.375. The van der Waals surface area contributed by atoms with Gasteiger partial charge in [-0.05, 0) is 19.8 Å². The van der Waals surface area contributed by atoms with Crippen molar-refractivity contribution in [2.45, 2.75) is 38.6 Å². The van der Waals surface area contributed by atoms with Gasteiger partial charge in [0.2, 0.25) is 15.9 Å². The number of amides is 1. The van der Waals surface area contributed by atoms with Crippen molar-refractivity contribution in [1.29, 1.82) is 0 Å². The van der Waals surface area contributed by atoms with Gasteiger partial charge in [-0.25, -0.2) is 8.42 Å². The summed E-state index contributed by atoms with van der Waals surface area (Å²) in [5.74, 6) is -0.536. The first-order valence-electron chi connectivity index (χ1n) is 5.30. The average molecular weight is 234 g/mol. The van der Waals surface area contributed by atoms with Crippen LogP contribution < -0.4 is 10.0 Å². The van der Waals surface area contributed by atoms with Crippen LogP contribution in [0.2, 0.25) is 0 Å². The van der Waals surface area contributed by atoms with Crippen molar-refractivity contribution in [2.24, 2.45) is 0 Å². The maximum absolute atomic E-state index is 11.2. The van der Waals surface area contributed by atoms with E-state index in [0.717, 1.165) is 12.8 Å². The highest BCUT2D eigenvalue weighted by molar-refractivity contribution is 7.90. The maximum Gasteiger partial charge on any atom is 0.247 e. The van der Waals surface area contributed by atoms with Crippen LogP contribution in [0.25, 0.3) is 0 Å². The van der Waals surface area contributed by atoms with Gasteiger partial charge < -0.3 is 5.32 Å². The molecule has 15 heavy (non-hydrogen) atoms. The fraction of sp³-hybridized carbons (Fsp3) is 0.889. The molecule has 0 aliphatic heterocycles.